The van der Waals surface area contributed by atoms with Crippen LogP contribution in [0.15, 0.2) is 18.2 Å². The molecule has 0 bridgehead atoms. The van der Waals surface area contributed by atoms with E-state index in [0.717, 1.165) is 23.4 Å². The van der Waals surface area contributed by atoms with Gasteiger partial charge in [0.25, 0.3) is 0 Å². The molecule has 0 amide bonds. The first-order valence-electron chi connectivity index (χ1n) is 8.15. The van der Waals surface area contributed by atoms with Crippen molar-refractivity contribution in [1.82, 2.24) is 5.32 Å². The fourth-order valence-electron chi connectivity index (χ4n) is 3.67. The van der Waals surface area contributed by atoms with Gasteiger partial charge in [0.1, 0.15) is 0 Å². The molecule has 0 saturated heterocycles. The molecule has 0 aliphatic heterocycles. The molecule has 2 rings (SSSR count). The van der Waals surface area contributed by atoms with Crippen molar-refractivity contribution in [2.75, 3.05) is 6.54 Å². The molecule has 3 unspecified atom stereocenters. The highest BCUT2D eigenvalue weighted by atomic mass is 35.5. The van der Waals surface area contributed by atoms with Gasteiger partial charge in [-0.3, -0.25) is 0 Å². The topological polar surface area (TPSA) is 12.0 Å². The van der Waals surface area contributed by atoms with Gasteiger partial charge in [0.2, 0.25) is 0 Å². The predicted octanol–water partition coefficient (Wildman–Crippen LogP) is 5.52. The molecular formula is C18H28ClN. The van der Waals surface area contributed by atoms with Crippen LogP contribution in [0.4, 0.5) is 0 Å². The Hall–Kier alpha value is -0.530. The van der Waals surface area contributed by atoms with Crippen LogP contribution >= 0.6 is 11.6 Å². The first-order chi connectivity index (χ1) is 9.67. The Morgan fingerprint density at radius 2 is 2.10 bits per heavy atom. The van der Waals surface area contributed by atoms with Crippen LogP contribution in [0.1, 0.15) is 63.1 Å². The standard InChI is InChI=1S/C18H28ClN/c1-4-14-9-7-10-15(12-14)18(20-5-2)16-11-6-8-13(3)17(16)19/h6,8,11,14-15,18,20H,4-5,7,9-10,12H2,1-3H3. The molecule has 1 aromatic carbocycles. The lowest BCUT2D eigenvalue weighted by atomic mass is 9.75. The maximum absolute atomic E-state index is 6.57. The average molecular weight is 294 g/mol. The van der Waals surface area contributed by atoms with Crippen LogP contribution < -0.4 is 5.32 Å². The van der Waals surface area contributed by atoms with E-state index in [1.165, 1.54) is 43.2 Å². The van der Waals surface area contributed by atoms with Gasteiger partial charge in [-0.15, -0.1) is 0 Å². The van der Waals surface area contributed by atoms with Crippen molar-refractivity contribution in [2.45, 2.75) is 58.9 Å². The number of benzene rings is 1. The molecule has 0 heterocycles. The van der Waals surface area contributed by atoms with Crippen molar-refractivity contribution in [3.63, 3.8) is 0 Å². The highest BCUT2D eigenvalue weighted by molar-refractivity contribution is 6.32. The van der Waals surface area contributed by atoms with E-state index in [2.05, 4.69) is 44.3 Å². The molecule has 0 aromatic heterocycles. The van der Waals surface area contributed by atoms with Gasteiger partial charge in [0.05, 0.1) is 0 Å². The van der Waals surface area contributed by atoms with Gasteiger partial charge >= 0.3 is 0 Å². The van der Waals surface area contributed by atoms with Crippen LogP contribution in [-0.4, -0.2) is 6.54 Å². The molecule has 1 aromatic rings. The molecule has 1 fully saturated rings. The monoisotopic (exact) mass is 293 g/mol. The highest BCUT2D eigenvalue weighted by Gasteiger charge is 2.29. The average Bonchev–Trinajstić information content (AvgIpc) is 2.48. The van der Waals surface area contributed by atoms with E-state index in [4.69, 9.17) is 11.6 Å². The van der Waals surface area contributed by atoms with Crippen LogP contribution in [0, 0.1) is 18.8 Å². The van der Waals surface area contributed by atoms with Crippen LogP contribution in [-0.2, 0) is 0 Å². The molecule has 0 radical (unpaired) electrons. The largest absolute Gasteiger partial charge is 0.310 e. The van der Waals surface area contributed by atoms with Crippen LogP contribution in [0.25, 0.3) is 0 Å². The minimum absolute atomic E-state index is 0.418. The maximum atomic E-state index is 6.57. The fraction of sp³-hybridized carbons (Fsp3) is 0.667. The second-order valence-corrected chi connectivity index (χ2v) is 6.59. The molecule has 112 valence electrons. The molecule has 1 aliphatic carbocycles. The van der Waals surface area contributed by atoms with Crippen molar-refractivity contribution in [3.8, 4) is 0 Å². The zero-order valence-corrected chi connectivity index (χ0v) is 13.8. The Balaban J connectivity index is 2.23. The zero-order chi connectivity index (χ0) is 14.5. The lowest BCUT2D eigenvalue weighted by Gasteiger charge is -2.35. The Labute approximate surface area is 129 Å². The fourth-order valence-corrected chi connectivity index (χ4v) is 3.91. The Bertz CT molecular complexity index is 429. The summed E-state index contributed by atoms with van der Waals surface area (Å²) in [4.78, 5) is 0. The molecule has 1 nitrogen and oxygen atoms in total. The number of rotatable bonds is 5. The summed E-state index contributed by atoms with van der Waals surface area (Å²) in [6.45, 7) is 7.62. The van der Waals surface area contributed by atoms with E-state index in [-0.39, 0.29) is 0 Å². The molecule has 1 N–H and O–H groups in total. The molecule has 20 heavy (non-hydrogen) atoms. The van der Waals surface area contributed by atoms with Crippen LogP contribution in [0.5, 0.6) is 0 Å². The van der Waals surface area contributed by atoms with Crippen molar-refractivity contribution in [2.24, 2.45) is 11.8 Å². The van der Waals surface area contributed by atoms with Gasteiger partial charge < -0.3 is 5.32 Å². The first-order valence-corrected chi connectivity index (χ1v) is 8.53. The van der Waals surface area contributed by atoms with E-state index < -0.39 is 0 Å². The number of hydrogen-bond acceptors (Lipinski definition) is 1. The van der Waals surface area contributed by atoms with Crippen molar-refractivity contribution >= 4 is 11.6 Å². The third kappa shape index (κ3) is 3.56. The van der Waals surface area contributed by atoms with Crippen LogP contribution in [0.2, 0.25) is 5.02 Å². The Morgan fingerprint density at radius 1 is 1.30 bits per heavy atom. The second kappa shape index (κ2) is 7.47. The summed E-state index contributed by atoms with van der Waals surface area (Å²) in [7, 11) is 0. The summed E-state index contributed by atoms with van der Waals surface area (Å²) in [6, 6.07) is 6.87. The summed E-state index contributed by atoms with van der Waals surface area (Å²) < 4.78 is 0. The van der Waals surface area contributed by atoms with Crippen molar-refractivity contribution < 1.29 is 0 Å². The Morgan fingerprint density at radius 3 is 2.80 bits per heavy atom. The van der Waals surface area contributed by atoms with Gasteiger partial charge in [-0.2, -0.15) is 0 Å². The van der Waals surface area contributed by atoms with E-state index >= 15 is 0 Å². The normalized spacial score (nSPS) is 24.6. The third-order valence-electron chi connectivity index (χ3n) is 4.85. The number of aryl methyl sites for hydroxylation is 1. The van der Waals surface area contributed by atoms with Crippen molar-refractivity contribution in [3.05, 3.63) is 34.3 Å². The molecule has 3 atom stereocenters. The smallest absolute Gasteiger partial charge is 0.0483 e. The van der Waals surface area contributed by atoms with Gasteiger partial charge in [-0.05, 0) is 49.3 Å². The number of halogens is 1. The molecule has 2 heteroatoms. The third-order valence-corrected chi connectivity index (χ3v) is 5.37. The van der Waals surface area contributed by atoms with E-state index in [1.54, 1.807) is 0 Å². The van der Waals surface area contributed by atoms with E-state index in [1.807, 2.05) is 0 Å². The van der Waals surface area contributed by atoms with Crippen LogP contribution in [0.3, 0.4) is 0 Å². The summed E-state index contributed by atoms with van der Waals surface area (Å²) in [5.74, 6) is 1.63. The second-order valence-electron chi connectivity index (χ2n) is 6.21. The number of nitrogens with one attached hydrogen (secondary N) is 1. The van der Waals surface area contributed by atoms with Gasteiger partial charge in [0.15, 0.2) is 0 Å². The van der Waals surface area contributed by atoms with Gasteiger partial charge in [-0.1, -0.05) is 62.9 Å². The summed E-state index contributed by atoms with van der Waals surface area (Å²) in [5, 5.41) is 4.65. The minimum Gasteiger partial charge on any atom is -0.310 e. The first kappa shape index (κ1) is 15.9. The van der Waals surface area contributed by atoms with E-state index in [9.17, 15) is 0 Å². The summed E-state index contributed by atoms with van der Waals surface area (Å²) in [5.41, 5.74) is 2.49. The molecular weight excluding hydrogens is 266 g/mol. The lowest BCUT2D eigenvalue weighted by molar-refractivity contribution is 0.210. The predicted molar refractivity (Wildman–Crippen MR) is 88.3 cm³/mol. The lowest BCUT2D eigenvalue weighted by Crippen LogP contribution is -2.32. The number of hydrogen-bond donors (Lipinski definition) is 1. The SMILES string of the molecule is CCNC(c1cccc(C)c1Cl)C1CCCC(CC)C1. The van der Waals surface area contributed by atoms with Gasteiger partial charge in [-0.25, -0.2) is 0 Å². The maximum Gasteiger partial charge on any atom is 0.0483 e. The molecule has 1 saturated carbocycles. The minimum atomic E-state index is 0.418. The quantitative estimate of drug-likeness (QED) is 0.754. The highest BCUT2D eigenvalue weighted by Crippen LogP contribution is 2.40. The molecule has 1 aliphatic rings. The summed E-state index contributed by atoms with van der Waals surface area (Å²) >= 11 is 6.57. The Kier molecular flexibility index (Phi) is 5.92. The zero-order valence-electron chi connectivity index (χ0n) is 13.1. The summed E-state index contributed by atoms with van der Waals surface area (Å²) in [6.07, 6.45) is 6.77. The molecule has 0 spiro atoms. The van der Waals surface area contributed by atoms with Crippen molar-refractivity contribution in [1.29, 1.82) is 0 Å². The van der Waals surface area contributed by atoms with Gasteiger partial charge in [0, 0.05) is 11.1 Å². The van der Waals surface area contributed by atoms with E-state index in [0.29, 0.717) is 6.04 Å².